The van der Waals surface area contributed by atoms with E-state index in [1.54, 1.807) is 18.5 Å². The standard InChI is InChI=1S/C16H21N3O5S/c1-3-6-23-14-5-4-11(15(22)24-9-12(21)8-20)7-13(14)19-16(25-2)18-10-17/h4-5,7,12,20-21H,3,6,8-9H2,1-2H3,(H,18,19). The molecule has 8 nitrogen and oxygen atoms in total. The van der Waals surface area contributed by atoms with Crippen LogP contribution < -0.4 is 10.1 Å². The molecule has 0 aliphatic heterocycles. The van der Waals surface area contributed by atoms with Crippen molar-refractivity contribution in [3.63, 3.8) is 0 Å². The molecule has 0 aromatic heterocycles. The lowest BCUT2D eigenvalue weighted by molar-refractivity contribution is 0.00933. The van der Waals surface area contributed by atoms with Crippen LogP contribution in [0.3, 0.4) is 0 Å². The maximum atomic E-state index is 12.0. The predicted octanol–water partition coefficient (Wildman–Crippen LogP) is 1.41. The highest BCUT2D eigenvalue weighted by Crippen LogP contribution is 2.30. The molecule has 0 saturated heterocycles. The molecular formula is C16H21N3O5S. The van der Waals surface area contributed by atoms with Crippen molar-refractivity contribution in [1.82, 2.24) is 5.32 Å². The molecule has 136 valence electrons. The van der Waals surface area contributed by atoms with Crippen molar-refractivity contribution in [3.05, 3.63) is 23.8 Å². The van der Waals surface area contributed by atoms with E-state index in [1.807, 2.05) is 6.92 Å². The number of rotatable bonds is 8. The van der Waals surface area contributed by atoms with Gasteiger partial charge in [0, 0.05) is 0 Å². The van der Waals surface area contributed by atoms with Crippen molar-refractivity contribution < 1.29 is 24.5 Å². The SMILES string of the molecule is CCCOc1ccc(C(=O)OCC(O)CO)cc1N=C(NC#N)SC. The maximum absolute atomic E-state index is 12.0. The molecule has 0 bridgehead atoms. The van der Waals surface area contributed by atoms with Gasteiger partial charge in [0.1, 0.15) is 24.1 Å². The summed E-state index contributed by atoms with van der Waals surface area (Å²) in [7, 11) is 0. The molecule has 1 unspecified atom stereocenters. The molecule has 0 fully saturated rings. The number of amidine groups is 1. The summed E-state index contributed by atoms with van der Waals surface area (Å²) in [6.45, 7) is 1.64. The van der Waals surface area contributed by atoms with E-state index in [2.05, 4.69) is 10.3 Å². The lowest BCUT2D eigenvalue weighted by Gasteiger charge is -2.12. The van der Waals surface area contributed by atoms with Gasteiger partial charge in [-0.15, -0.1) is 0 Å². The van der Waals surface area contributed by atoms with E-state index in [0.717, 1.165) is 6.42 Å². The van der Waals surface area contributed by atoms with Gasteiger partial charge >= 0.3 is 5.97 Å². The summed E-state index contributed by atoms with van der Waals surface area (Å²) in [5.41, 5.74) is 0.586. The molecule has 9 heteroatoms. The highest BCUT2D eigenvalue weighted by atomic mass is 32.2. The molecule has 0 saturated carbocycles. The molecule has 0 spiro atoms. The number of ether oxygens (including phenoxy) is 2. The second-order valence-electron chi connectivity index (χ2n) is 4.82. The number of nitrogens with one attached hydrogen (secondary N) is 1. The van der Waals surface area contributed by atoms with Crippen LogP contribution in [0.1, 0.15) is 23.7 Å². The van der Waals surface area contributed by atoms with Gasteiger partial charge in [-0.1, -0.05) is 18.7 Å². The summed E-state index contributed by atoms with van der Waals surface area (Å²) in [6, 6.07) is 4.60. The zero-order chi connectivity index (χ0) is 18.7. The number of hydrogen-bond donors (Lipinski definition) is 3. The number of nitriles is 1. The largest absolute Gasteiger partial charge is 0.491 e. The van der Waals surface area contributed by atoms with Crippen LogP contribution in [0.25, 0.3) is 0 Å². The first-order valence-electron chi connectivity index (χ1n) is 7.56. The Labute approximate surface area is 150 Å². The number of hydrogen-bond acceptors (Lipinski definition) is 8. The van der Waals surface area contributed by atoms with E-state index in [1.165, 1.54) is 23.9 Å². The molecule has 0 radical (unpaired) electrons. The van der Waals surface area contributed by atoms with Gasteiger partial charge in [-0.05, 0) is 30.9 Å². The van der Waals surface area contributed by atoms with Crippen LogP contribution in [-0.4, -0.2) is 53.5 Å². The number of carbonyl (C=O) groups is 1. The van der Waals surface area contributed by atoms with Crippen LogP contribution in [0.2, 0.25) is 0 Å². The zero-order valence-electron chi connectivity index (χ0n) is 14.1. The van der Waals surface area contributed by atoms with E-state index in [-0.39, 0.29) is 12.2 Å². The molecular weight excluding hydrogens is 346 g/mol. The van der Waals surface area contributed by atoms with Crippen molar-refractivity contribution in [2.24, 2.45) is 4.99 Å². The van der Waals surface area contributed by atoms with E-state index in [9.17, 15) is 9.90 Å². The zero-order valence-corrected chi connectivity index (χ0v) is 14.9. The summed E-state index contributed by atoms with van der Waals surface area (Å²) >= 11 is 1.24. The Morgan fingerprint density at radius 2 is 2.28 bits per heavy atom. The molecule has 0 amide bonds. The first kappa shape index (κ1) is 20.8. The van der Waals surface area contributed by atoms with Gasteiger partial charge < -0.3 is 19.7 Å². The molecule has 0 heterocycles. The number of benzene rings is 1. The van der Waals surface area contributed by atoms with E-state index in [0.29, 0.717) is 23.2 Å². The Balaban J connectivity index is 3.08. The summed E-state index contributed by atoms with van der Waals surface area (Å²) in [5, 5.41) is 29.5. The average molecular weight is 367 g/mol. The average Bonchev–Trinajstić information content (AvgIpc) is 2.64. The van der Waals surface area contributed by atoms with Gasteiger partial charge in [-0.2, -0.15) is 5.26 Å². The number of aliphatic imine (C=N–C) groups is 1. The third-order valence-corrected chi connectivity index (χ3v) is 3.43. The Bertz CT molecular complexity index is 645. The maximum Gasteiger partial charge on any atom is 0.338 e. The Morgan fingerprint density at radius 3 is 2.88 bits per heavy atom. The van der Waals surface area contributed by atoms with Gasteiger partial charge in [0.2, 0.25) is 0 Å². The number of aliphatic hydroxyl groups excluding tert-OH is 2. The predicted molar refractivity (Wildman–Crippen MR) is 95.0 cm³/mol. The minimum atomic E-state index is -1.13. The quantitative estimate of drug-likeness (QED) is 0.207. The molecule has 25 heavy (non-hydrogen) atoms. The first-order valence-corrected chi connectivity index (χ1v) is 8.78. The molecule has 1 aromatic carbocycles. The Kier molecular flexibility index (Phi) is 9.39. The van der Waals surface area contributed by atoms with Crippen LogP contribution in [0.15, 0.2) is 23.2 Å². The fraction of sp³-hybridized carbons (Fsp3) is 0.438. The fourth-order valence-electron chi connectivity index (χ4n) is 1.66. The molecule has 0 aliphatic carbocycles. The minimum Gasteiger partial charge on any atom is -0.491 e. The van der Waals surface area contributed by atoms with E-state index < -0.39 is 18.7 Å². The van der Waals surface area contributed by atoms with Crippen molar-refractivity contribution >= 4 is 28.6 Å². The van der Waals surface area contributed by atoms with Crippen LogP contribution >= 0.6 is 11.8 Å². The lowest BCUT2D eigenvalue weighted by Crippen LogP contribution is -2.22. The van der Waals surface area contributed by atoms with Crippen LogP contribution in [0.5, 0.6) is 5.75 Å². The van der Waals surface area contributed by atoms with Crippen LogP contribution in [-0.2, 0) is 4.74 Å². The fourth-order valence-corrected chi connectivity index (χ4v) is 1.99. The number of thioether (sulfide) groups is 1. The molecule has 0 aliphatic rings. The molecule has 1 atom stereocenters. The monoisotopic (exact) mass is 367 g/mol. The molecule has 1 aromatic rings. The smallest absolute Gasteiger partial charge is 0.338 e. The second-order valence-corrected chi connectivity index (χ2v) is 5.62. The van der Waals surface area contributed by atoms with Crippen molar-refractivity contribution in [2.75, 3.05) is 26.1 Å². The van der Waals surface area contributed by atoms with Crippen LogP contribution in [0.4, 0.5) is 5.69 Å². The summed E-state index contributed by atoms with van der Waals surface area (Å²) < 4.78 is 10.5. The molecule has 1 rings (SSSR count). The summed E-state index contributed by atoms with van der Waals surface area (Å²) in [6.07, 6.45) is 3.22. The Hall–Kier alpha value is -2.28. The first-order chi connectivity index (χ1) is 12.0. The van der Waals surface area contributed by atoms with Gasteiger partial charge in [0.05, 0.1) is 18.8 Å². The van der Waals surface area contributed by atoms with Gasteiger partial charge in [-0.25, -0.2) is 9.79 Å². The number of esters is 1. The minimum absolute atomic E-state index is 0.213. The molecule has 3 N–H and O–H groups in total. The second kappa shape index (κ2) is 11.3. The Morgan fingerprint density at radius 1 is 1.52 bits per heavy atom. The van der Waals surface area contributed by atoms with Crippen molar-refractivity contribution in [3.8, 4) is 11.9 Å². The van der Waals surface area contributed by atoms with Crippen molar-refractivity contribution in [2.45, 2.75) is 19.4 Å². The third kappa shape index (κ3) is 7.01. The van der Waals surface area contributed by atoms with Gasteiger partial charge in [0.15, 0.2) is 11.4 Å². The third-order valence-electron chi connectivity index (χ3n) is 2.85. The number of aliphatic hydroxyl groups is 2. The summed E-state index contributed by atoms with van der Waals surface area (Å²) in [4.78, 5) is 16.3. The number of carbonyl (C=O) groups excluding carboxylic acids is 1. The van der Waals surface area contributed by atoms with E-state index in [4.69, 9.17) is 19.8 Å². The van der Waals surface area contributed by atoms with Gasteiger partial charge in [-0.3, -0.25) is 5.32 Å². The van der Waals surface area contributed by atoms with Crippen LogP contribution in [0, 0.1) is 11.5 Å². The highest BCUT2D eigenvalue weighted by molar-refractivity contribution is 8.13. The highest BCUT2D eigenvalue weighted by Gasteiger charge is 2.14. The van der Waals surface area contributed by atoms with Crippen molar-refractivity contribution in [1.29, 1.82) is 5.26 Å². The topological polar surface area (TPSA) is 124 Å². The summed E-state index contributed by atoms with van der Waals surface area (Å²) in [5.74, 6) is -0.190. The normalized spacial score (nSPS) is 12.2. The van der Waals surface area contributed by atoms with E-state index >= 15 is 0 Å². The lowest BCUT2D eigenvalue weighted by atomic mass is 10.2. The number of nitrogens with zero attached hydrogens (tertiary/aromatic N) is 2. The van der Waals surface area contributed by atoms with Gasteiger partial charge in [0.25, 0.3) is 0 Å².